The lowest BCUT2D eigenvalue weighted by atomic mass is 9.53. The summed E-state index contributed by atoms with van der Waals surface area (Å²) < 4.78 is 5.30. The van der Waals surface area contributed by atoms with Crippen LogP contribution in [0, 0.1) is 23.2 Å². The molecule has 0 aromatic carbocycles. The molecule has 0 spiro atoms. The highest BCUT2D eigenvalue weighted by atomic mass is 16.5. The third kappa shape index (κ3) is 0.760. The van der Waals surface area contributed by atoms with Crippen molar-refractivity contribution in [2.24, 2.45) is 23.2 Å². The van der Waals surface area contributed by atoms with Crippen LogP contribution >= 0.6 is 0 Å². The van der Waals surface area contributed by atoms with Gasteiger partial charge in [-0.2, -0.15) is 0 Å². The molecule has 0 N–H and O–H groups in total. The molecule has 4 rings (SSSR count). The number of esters is 1. The summed E-state index contributed by atoms with van der Waals surface area (Å²) in [4.78, 5) is 11.9. The van der Waals surface area contributed by atoms with E-state index in [9.17, 15) is 4.79 Å². The van der Waals surface area contributed by atoms with Gasteiger partial charge in [-0.25, -0.2) is 0 Å². The summed E-state index contributed by atoms with van der Waals surface area (Å²) in [5.74, 6) is 1.61. The minimum Gasteiger partial charge on any atom is -0.465 e. The van der Waals surface area contributed by atoms with Crippen LogP contribution in [0.25, 0.3) is 0 Å². The highest BCUT2D eigenvalue weighted by Crippen LogP contribution is 2.58. The largest absolute Gasteiger partial charge is 0.465 e. The van der Waals surface area contributed by atoms with Crippen LogP contribution in [-0.2, 0) is 9.53 Å². The van der Waals surface area contributed by atoms with Gasteiger partial charge in [-0.05, 0) is 31.1 Å². The van der Waals surface area contributed by atoms with Gasteiger partial charge in [0.1, 0.15) is 0 Å². The zero-order valence-corrected chi connectivity index (χ0v) is 8.53. The van der Waals surface area contributed by atoms with Crippen molar-refractivity contribution in [2.45, 2.75) is 26.2 Å². The first-order chi connectivity index (χ1) is 6.79. The van der Waals surface area contributed by atoms with E-state index in [1.807, 2.05) is 0 Å². The van der Waals surface area contributed by atoms with Gasteiger partial charge in [0.25, 0.3) is 0 Å². The first-order valence-electron chi connectivity index (χ1n) is 5.64. The lowest BCUT2D eigenvalue weighted by molar-refractivity contribution is -0.150. The molecule has 0 amide bonds. The molecule has 4 unspecified atom stereocenters. The van der Waals surface area contributed by atoms with Gasteiger partial charge < -0.3 is 4.74 Å². The predicted octanol–water partition coefficient (Wildman–Crippen LogP) is 2.15. The average molecular weight is 192 g/mol. The summed E-state index contributed by atoms with van der Waals surface area (Å²) in [6.45, 7) is 2.80. The molecular formula is C12H16O2. The molecule has 3 aliphatic carbocycles. The zero-order valence-electron chi connectivity index (χ0n) is 8.53. The number of allylic oxidation sites excluding steroid dienone is 2. The maximum absolute atomic E-state index is 11.9. The second-order valence-electron chi connectivity index (χ2n) is 4.83. The summed E-state index contributed by atoms with van der Waals surface area (Å²) in [5.41, 5.74) is -0.141. The lowest BCUT2D eigenvalue weighted by Gasteiger charge is -2.47. The molecule has 1 aliphatic heterocycles. The number of fused-ring (bicyclic) bond motifs is 1. The predicted molar refractivity (Wildman–Crippen MR) is 52.5 cm³/mol. The van der Waals surface area contributed by atoms with Crippen molar-refractivity contribution in [3.8, 4) is 0 Å². The normalized spacial score (nSPS) is 49.2. The summed E-state index contributed by atoms with van der Waals surface area (Å²) in [6.07, 6.45) is 7.96. The topological polar surface area (TPSA) is 26.3 Å². The van der Waals surface area contributed by atoms with Crippen LogP contribution in [0.3, 0.4) is 0 Å². The van der Waals surface area contributed by atoms with Crippen molar-refractivity contribution in [1.29, 1.82) is 0 Å². The van der Waals surface area contributed by atoms with Crippen molar-refractivity contribution in [1.82, 2.24) is 0 Å². The van der Waals surface area contributed by atoms with E-state index in [2.05, 4.69) is 19.1 Å². The van der Waals surface area contributed by atoms with Crippen molar-refractivity contribution < 1.29 is 9.53 Å². The van der Waals surface area contributed by atoms with Crippen LogP contribution in [0.1, 0.15) is 26.2 Å². The number of hydrogen-bond donors (Lipinski definition) is 0. The van der Waals surface area contributed by atoms with E-state index in [0.29, 0.717) is 24.4 Å². The van der Waals surface area contributed by atoms with Gasteiger partial charge in [0.15, 0.2) is 0 Å². The van der Waals surface area contributed by atoms with Crippen molar-refractivity contribution in [3.05, 3.63) is 12.2 Å². The third-order valence-electron chi connectivity index (χ3n) is 4.60. The highest BCUT2D eigenvalue weighted by Gasteiger charge is 2.60. The summed E-state index contributed by atoms with van der Waals surface area (Å²) >= 11 is 0. The van der Waals surface area contributed by atoms with Gasteiger partial charge in [0.2, 0.25) is 0 Å². The van der Waals surface area contributed by atoms with E-state index in [1.54, 1.807) is 0 Å². The lowest BCUT2D eigenvalue weighted by Crippen LogP contribution is -2.48. The van der Waals surface area contributed by atoms with E-state index in [4.69, 9.17) is 4.74 Å². The van der Waals surface area contributed by atoms with E-state index < -0.39 is 0 Å². The van der Waals surface area contributed by atoms with Gasteiger partial charge in [0.05, 0.1) is 12.0 Å². The number of ether oxygens (including phenoxy) is 1. The van der Waals surface area contributed by atoms with Crippen LogP contribution in [-0.4, -0.2) is 12.6 Å². The smallest absolute Gasteiger partial charge is 0.313 e. The molecule has 4 aliphatic rings. The minimum atomic E-state index is -0.141. The zero-order chi connectivity index (χ0) is 9.76. The Hall–Kier alpha value is -0.790. The number of carbonyl (C=O) groups excluding carboxylic acids is 1. The Morgan fingerprint density at radius 3 is 2.93 bits per heavy atom. The Morgan fingerprint density at radius 1 is 1.50 bits per heavy atom. The van der Waals surface area contributed by atoms with Gasteiger partial charge in [-0.3, -0.25) is 4.79 Å². The Labute approximate surface area is 84.3 Å². The Morgan fingerprint density at radius 2 is 2.36 bits per heavy atom. The fourth-order valence-corrected chi connectivity index (χ4v) is 3.81. The molecule has 1 saturated carbocycles. The minimum absolute atomic E-state index is 0.0732. The van der Waals surface area contributed by atoms with E-state index in [1.165, 1.54) is 12.8 Å². The number of carbonyl (C=O) groups is 1. The Kier molecular flexibility index (Phi) is 1.59. The summed E-state index contributed by atoms with van der Waals surface area (Å²) in [6, 6.07) is 0. The van der Waals surface area contributed by atoms with Crippen LogP contribution in [0.4, 0.5) is 0 Å². The molecule has 1 saturated heterocycles. The molecular weight excluding hydrogens is 176 g/mol. The second-order valence-corrected chi connectivity index (χ2v) is 4.83. The first-order valence-corrected chi connectivity index (χ1v) is 5.64. The third-order valence-corrected chi connectivity index (χ3v) is 4.60. The van der Waals surface area contributed by atoms with Crippen LogP contribution < -0.4 is 0 Å². The molecule has 2 nitrogen and oxygen atoms in total. The fraction of sp³-hybridized carbons (Fsp3) is 0.750. The SMILES string of the molecule is CCC12C(=O)OCC1C1C=CC2CC1. The fourth-order valence-electron chi connectivity index (χ4n) is 3.81. The second kappa shape index (κ2) is 2.62. The van der Waals surface area contributed by atoms with Crippen LogP contribution in [0.5, 0.6) is 0 Å². The molecule has 0 aromatic heterocycles. The van der Waals surface area contributed by atoms with Crippen LogP contribution in [0.2, 0.25) is 0 Å². The Bertz CT molecular complexity index is 307. The monoisotopic (exact) mass is 192 g/mol. The van der Waals surface area contributed by atoms with Gasteiger partial charge in [-0.1, -0.05) is 19.1 Å². The van der Waals surface area contributed by atoms with Crippen LogP contribution in [0.15, 0.2) is 12.2 Å². The van der Waals surface area contributed by atoms with E-state index in [-0.39, 0.29) is 11.4 Å². The maximum Gasteiger partial charge on any atom is 0.313 e. The van der Waals surface area contributed by atoms with E-state index in [0.717, 1.165) is 6.42 Å². The Balaban J connectivity index is 2.10. The molecule has 2 heteroatoms. The number of rotatable bonds is 1. The molecule has 14 heavy (non-hydrogen) atoms. The molecule has 0 aromatic rings. The average Bonchev–Trinajstić information content (AvgIpc) is 2.61. The molecule has 4 atom stereocenters. The number of hydrogen-bond acceptors (Lipinski definition) is 2. The quantitative estimate of drug-likeness (QED) is 0.470. The van der Waals surface area contributed by atoms with Gasteiger partial charge in [0, 0.05) is 5.92 Å². The molecule has 0 radical (unpaired) electrons. The summed E-state index contributed by atoms with van der Waals surface area (Å²) in [5, 5.41) is 0. The molecule has 2 fully saturated rings. The molecule has 1 heterocycles. The standard InChI is InChI=1S/C12H16O2/c1-2-12-9-5-3-8(4-6-9)10(12)7-14-11(12)13/h3,5,8-10H,2,4,6-7H2,1H3. The number of cyclic esters (lactones) is 1. The van der Waals surface area contributed by atoms with Gasteiger partial charge in [-0.15, -0.1) is 0 Å². The van der Waals surface area contributed by atoms with Gasteiger partial charge >= 0.3 is 5.97 Å². The molecule has 2 bridgehead atoms. The highest BCUT2D eigenvalue weighted by molar-refractivity contribution is 5.80. The van der Waals surface area contributed by atoms with Crippen molar-refractivity contribution in [2.75, 3.05) is 6.61 Å². The maximum atomic E-state index is 11.9. The first kappa shape index (κ1) is 8.51. The van der Waals surface area contributed by atoms with E-state index >= 15 is 0 Å². The van der Waals surface area contributed by atoms with Crippen molar-refractivity contribution in [3.63, 3.8) is 0 Å². The summed E-state index contributed by atoms with van der Waals surface area (Å²) in [7, 11) is 0. The van der Waals surface area contributed by atoms with Crippen molar-refractivity contribution >= 4 is 5.97 Å². The molecule has 76 valence electrons.